The van der Waals surface area contributed by atoms with Gasteiger partial charge < -0.3 is 24.6 Å². The fourth-order valence-electron chi connectivity index (χ4n) is 4.26. The lowest BCUT2D eigenvalue weighted by molar-refractivity contribution is -0.0176. The molecular weight excluding hydrogens is 431 g/mol. The van der Waals surface area contributed by atoms with Crippen LogP contribution in [0.5, 0.6) is 5.75 Å². The molecule has 1 saturated heterocycles. The summed E-state index contributed by atoms with van der Waals surface area (Å²) in [6.07, 6.45) is 1.66. The largest absolute Gasteiger partial charge is 0.503 e. The van der Waals surface area contributed by atoms with E-state index in [1.165, 1.54) is 15.7 Å². The molecule has 2 amide bonds. The summed E-state index contributed by atoms with van der Waals surface area (Å²) in [7, 11) is 0. The van der Waals surface area contributed by atoms with Crippen LogP contribution in [0.2, 0.25) is 0 Å². The van der Waals surface area contributed by atoms with Crippen molar-refractivity contribution < 1.29 is 32.6 Å². The average Bonchev–Trinajstić information content (AvgIpc) is 2.75. The number of aromatic hydroxyl groups is 1. The van der Waals surface area contributed by atoms with Gasteiger partial charge >= 0.3 is 0 Å². The highest BCUT2D eigenvalue weighted by Crippen LogP contribution is 2.35. The van der Waals surface area contributed by atoms with Crippen molar-refractivity contribution in [3.63, 3.8) is 0 Å². The molecule has 1 aromatic carbocycles. The number of ether oxygens (including phenoxy) is 1. The number of nitrogens with one attached hydrogen (secondary N) is 1. The molecule has 2 N–H and O–H groups in total. The molecule has 2 aliphatic rings. The molecule has 0 saturated carbocycles. The SMILES string of the molecule is CCN1C(=O)c2c(O)c(=O)c(C(=O)NCc3c(F)cc(F)cc3F)cn2C2CCOC[C@H]21. The highest BCUT2D eigenvalue weighted by atomic mass is 19.1. The maximum Gasteiger partial charge on any atom is 0.274 e. The highest BCUT2D eigenvalue weighted by Gasteiger charge is 2.43. The van der Waals surface area contributed by atoms with Crippen molar-refractivity contribution in [1.29, 1.82) is 0 Å². The molecule has 170 valence electrons. The first kappa shape index (κ1) is 21.9. The van der Waals surface area contributed by atoms with E-state index < -0.39 is 58.1 Å². The van der Waals surface area contributed by atoms with Crippen molar-refractivity contribution in [2.24, 2.45) is 0 Å². The van der Waals surface area contributed by atoms with Crippen LogP contribution >= 0.6 is 0 Å². The summed E-state index contributed by atoms with van der Waals surface area (Å²) in [4.78, 5) is 39.7. The Morgan fingerprint density at radius 1 is 1.22 bits per heavy atom. The van der Waals surface area contributed by atoms with E-state index in [0.29, 0.717) is 31.7 Å². The first-order valence-electron chi connectivity index (χ1n) is 10.0. The van der Waals surface area contributed by atoms with Gasteiger partial charge in [-0.2, -0.15) is 0 Å². The second kappa shape index (κ2) is 8.30. The van der Waals surface area contributed by atoms with E-state index in [9.17, 15) is 32.7 Å². The van der Waals surface area contributed by atoms with Crippen molar-refractivity contribution in [3.05, 3.63) is 62.8 Å². The van der Waals surface area contributed by atoms with Crippen molar-refractivity contribution in [3.8, 4) is 5.75 Å². The van der Waals surface area contributed by atoms with Gasteiger partial charge in [-0.15, -0.1) is 0 Å². The maximum atomic E-state index is 13.8. The number of hydrogen-bond donors (Lipinski definition) is 2. The molecule has 3 heterocycles. The Balaban J connectivity index is 1.70. The summed E-state index contributed by atoms with van der Waals surface area (Å²) in [5.41, 5.74) is -2.37. The molecule has 32 heavy (non-hydrogen) atoms. The third-order valence-corrected chi connectivity index (χ3v) is 5.84. The molecule has 8 nitrogen and oxygen atoms in total. The lowest BCUT2D eigenvalue weighted by atomic mass is 9.96. The van der Waals surface area contributed by atoms with E-state index in [-0.39, 0.29) is 24.4 Å². The topological polar surface area (TPSA) is 101 Å². The first-order chi connectivity index (χ1) is 15.2. The molecular formula is C21H20F3N3O5. The molecule has 0 radical (unpaired) electrons. The third-order valence-electron chi connectivity index (χ3n) is 5.84. The summed E-state index contributed by atoms with van der Waals surface area (Å²) >= 11 is 0. The molecule has 4 rings (SSSR count). The molecule has 2 aromatic rings. The third kappa shape index (κ3) is 3.52. The van der Waals surface area contributed by atoms with E-state index >= 15 is 0 Å². The number of carbonyl (C=O) groups is 2. The minimum Gasteiger partial charge on any atom is -0.503 e. The number of amides is 2. The fourth-order valence-corrected chi connectivity index (χ4v) is 4.26. The normalized spacial score (nSPS) is 20.0. The van der Waals surface area contributed by atoms with Crippen LogP contribution in [0.15, 0.2) is 23.1 Å². The van der Waals surface area contributed by atoms with E-state index in [4.69, 9.17) is 4.74 Å². The Kier molecular flexibility index (Phi) is 5.68. The molecule has 0 aliphatic carbocycles. The lowest BCUT2D eigenvalue weighted by Crippen LogP contribution is -2.55. The van der Waals surface area contributed by atoms with Gasteiger partial charge in [0, 0.05) is 43.6 Å². The standard InChI is InChI=1S/C21H20F3N3O5/c1-2-26-16-9-32-4-3-15(16)27-8-12(18(28)19(29)17(27)21(26)31)20(30)25-7-11-13(23)5-10(22)6-14(11)24/h5-6,8,15-16,29H,2-4,7,9H2,1H3,(H,25,30)/t15?,16-/m1/s1. The smallest absolute Gasteiger partial charge is 0.274 e. The van der Waals surface area contributed by atoms with Crippen molar-refractivity contribution in [1.82, 2.24) is 14.8 Å². The predicted octanol–water partition coefficient (Wildman–Crippen LogP) is 1.71. The van der Waals surface area contributed by atoms with Crippen LogP contribution in [0, 0.1) is 17.5 Å². The molecule has 11 heteroatoms. The average molecular weight is 451 g/mol. The van der Waals surface area contributed by atoms with E-state index in [1.54, 1.807) is 6.92 Å². The molecule has 1 unspecified atom stereocenters. The quantitative estimate of drug-likeness (QED) is 0.737. The number of hydrogen-bond acceptors (Lipinski definition) is 5. The van der Waals surface area contributed by atoms with Gasteiger partial charge in [-0.05, 0) is 13.3 Å². The zero-order valence-electron chi connectivity index (χ0n) is 17.0. The maximum absolute atomic E-state index is 13.8. The molecule has 1 fully saturated rings. The number of carbonyl (C=O) groups excluding carboxylic acids is 2. The van der Waals surface area contributed by atoms with Gasteiger partial charge in [-0.3, -0.25) is 14.4 Å². The number of pyridine rings is 1. The molecule has 0 bridgehead atoms. The molecule has 1 aromatic heterocycles. The number of halogens is 3. The van der Waals surface area contributed by atoms with Gasteiger partial charge in [0.1, 0.15) is 23.0 Å². The number of likely N-dealkylation sites (N-methyl/N-ethyl adjacent to an activating group) is 1. The Bertz CT molecular complexity index is 1140. The van der Waals surface area contributed by atoms with Crippen molar-refractivity contribution in [2.45, 2.75) is 32.0 Å². The van der Waals surface area contributed by atoms with E-state index in [2.05, 4.69) is 5.32 Å². The van der Waals surface area contributed by atoms with Crippen LogP contribution < -0.4 is 10.7 Å². The Labute approximate surface area is 180 Å². The minimum atomic E-state index is -1.19. The van der Waals surface area contributed by atoms with E-state index in [1.807, 2.05) is 0 Å². The van der Waals surface area contributed by atoms with Gasteiger partial charge in [0.2, 0.25) is 5.43 Å². The lowest BCUT2D eigenvalue weighted by Gasteiger charge is -2.45. The van der Waals surface area contributed by atoms with Crippen LogP contribution in [-0.2, 0) is 11.3 Å². The molecule has 0 spiro atoms. The van der Waals surface area contributed by atoms with Crippen LogP contribution in [-0.4, -0.2) is 52.2 Å². The number of fused-ring (bicyclic) bond motifs is 3. The number of benzene rings is 1. The van der Waals surface area contributed by atoms with Gasteiger partial charge in [-0.1, -0.05) is 0 Å². The summed E-state index contributed by atoms with van der Waals surface area (Å²) in [5, 5.41) is 12.7. The molecule has 2 atom stereocenters. The second-order valence-corrected chi connectivity index (χ2v) is 7.60. The monoisotopic (exact) mass is 451 g/mol. The summed E-state index contributed by atoms with van der Waals surface area (Å²) in [6.45, 7) is 2.12. The van der Waals surface area contributed by atoms with Crippen LogP contribution in [0.25, 0.3) is 0 Å². The number of aromatic nitrogens is 1. The van der Waals surface area contributed by atoms with Crippen molar-refractivity contribution in [2.75, 3.05) is 19.8 Å². The highest BCUT2D eigenvalue weighted by molar-refractivity contribution is 5.99. The summed E-state index contributed by atoms with van der Waals surface area (Å²) in [6, 6.07) is 0.275. The van der Waals surface area contributed by atoms with Crippen molar-refractivity contribution >= 4 is 11.8 Å². The Morgan fingerprint density at radius 3 is 2.56 bits per heavy atom. The second-order valence-electron chi connectivity index (χ2n) is 7.60. The van der Waals surface area contributed by atoms with Gasteiger partial charge in [0.15, 0.2) is 11.4 Å². The zero-order chi connectivity index (χ0) is 23.2. The number of nitrogens with zero attached hydrogens (tertiary/aromatic N) is 2. The molecule has 2 aliphatic heterocycles. The van der Waals surface area contributed by atoms with Gasteiger partial charge in [0.25, 0.3) is 11.8 Å². The van der Waals surface area contributed by atoms with Crippen LogP contribution in [0.4, 0.5) is 13.2 Å². The minimum absolute atomic E-state index is 0.216. The van der Waals surface area contributed by atoms with E-state index in [0.717, 1.165) is 0 Å². The number of rotatable bonds is 4. The zero-order valence-corrected chi connectivity index (χ0v) is 17.0. The fraction of sp³-hybridized carbons (Fsp3) is 0.381. The van der Waals surface area contributed by atoms with Gasteiger partial charge in [0.05, 0.1) is 18.7 Å². The Hall–Kier alpha value is -3.34. The van der Waals surface area contributed by atoms with Gasteiger partial charge in [-0.25, -0.2) is 13.2 Å². The summed E-state index contributed by atoms with van der Waals surface area (Å²) in [5.74, 6) is -5.92. The summed E-state index contributed by atoms with van der Waals surface area (Å²) < 4.78 is 47.6. The predicted molar refractivity (Wildman–Crippen MR) is 105 cm³/mol. The van der Waals surface area contributed by atoms with Crippen LogP contribution in [0.3, 0.4) is 0 Å². The van der Waals surface area contributed by atoms with Crippen LogP contribution in [0.1, 0.15) is 45.8 Å². The Morgan fingerprint density at radius 2 is 1.91 bits per heavy atom. The first-order valence-corrected chi connectivity index (χ1v) is 10.0.